The number of ether oxygens (including phenoxy) is 1. The Morgan fingerprint density at radius 3 is 2.85 bits per heavy atom. The van der Waals surface area contributed by atoms with Gasteiger partial charge in [-0.3, -0.25) is 4.99 Å². The smallest absolute Gasteiger partial charge is 0.166 e. The van der Waals surface area contributed by atoms with Gasteiger partial charge in [-0.15, -0.1) is 6.42 Å². The maximum absolute atomic E-state index is 10.0. The van der Waals surface area contributed by atoms with Crippen LogP contribution in [-0.2, 0) is 0 Å². The van der Waals surface area contributed by atoms with Crippen molar-refractivity contribution in [2.24, 2.45) is 4.99 Å². The van der Waals surface area contributed by atoms with E-state index in [4.69, 9.17) is 11.2 Å². The van der Waals surface area contributed by atoms with Crippen molar-refractivity contribution in [1.29, 1.82) is 0 Å². The molecule has 3 nitrogen and oxygen atoms in total. The SMILES string of the molecule is C#Cc1cccc(N=Cc2cc(Br)cc(OC)c2O)c1. The standard InChI is InChI=1S/C16H12BrNO2/c1-3-11-5-4-6-14(7-11)18-10-12-8-13(17)9-15(20-2)16(12)19/h1,4-10,19H,2H3. The lowest BCUT2D eigenvalue weighted by molar-refractivity contribution is 0.373. The lowest BCUT2D eigenvalue weighted by Crippen LogP contribution is -1.89. The first-order valence-corrected chi connectivity index (χ1v) is 6.60. The second kappa shape index (κ2) is 6.27. The van der Waals surface area contributed by atoms with E-state index in [9.17, 15) is 5.11 Å². The van der Waals surface area contributed by atoms with E-state index in [2.05, 4.69) is 26.8 Å². The van der Waals surface area contributed by atoms with Crippen LogP contribution in [-0.4, -0.2) is 18.4 Å². The molecular formula is C16H12BrNO2. The summed E-state index contributed by atoms with van der Waals surface area (Å²) in [5.74, 6) is 2.99. The van der Waals surface area contributed by atoms with Crippen molar-refractivity contribution in [3.05, 3.63) is 52.0 Å². The number of terminal acetylenes is 1. The zero-order valence-corrected chi connectivity index (χ0v) is 12.4. The van der Waals surface area contributed by atoms with E-state index in [1.165, 1.54) is 7.11 Å². The summed E-state index contributed by atoms with van der Waals surface area (Å²) in [6, 6.07) is 10.7. The molecule has 0 aliphatic heterocycles. The Bertz CT molecular complexity index is 702. The molecule has 100 valence electrons. The molecule has 0 saturated heterocycles. The number of aromatic hydroxyl groups is 1. The Kier molecular flexibility index (Phi) is 4.44. The second-order valence-corrected chi connectivity index (χ2v) is 4.91. The van der Waals surface area contributed by atoms with E-state index in [1.807, 2.05) is 18.2 Å². The first-order valence-electron chi connectivity index (χ1n) is 5.81. The molecule has 0 saturated carbocycles. The largest absolute Gasteiger partial charge is 0.504 e. The van der Waals surface area contributed by atoms with Crippen molar-refractivity contribution in [3.8, 4) is 23.8 Å². The van der Waals surface area contributed by atoms with E-state index in [1.54, 1.807) is 24.4 Å². The molecule has 0 aliphatic rings. The fourth-order valence-electron chi connectivity index (χ4n) is 1.67. The van der Waals surface area contributed by atoms with Gasteiger partial charge in [0.05, 0.1) is 12.8 Å². The summed E-state index contributed by atoms with van der Waals surface area (Å²) in [4.78, 5) is 4.31. The van der Waals surface area contributed by atoms with Crippen molar-refractivity contribution < 1.29 is 9.84 Å². The molecule has 0 bridgehead atoms. The van der Waals surface area contributed by atoms with Gasteiger partial charge in [-0.25, -0.2) is 0 Å². The highest BCUT2D eigenvalue weighted by Crippen LogP contribution is 2.32. The number of phenolic OH excluding ortho intramolecular Hbond substituents is 1. The summed E-state index contributed by atoms with van der Waals surface area (Å²) in [5, 5.41) is 10.0. The Morgan fingerprint density at radius 2 is 2.15 bits per heavy atom. The minimum absolute atomic E-state index is 0.0487. The van der Waals surface area contributed by atoms with Gasteiger partial charge in [0.25, 0.3) is 0 Å². The molecule has 0 amide bonds. The minimum Gasteiger partial charge on any atom is -0.504 e. The van der Waals surface area contributed by atoms with Crippen LogP contribution in [0.2, 0.25) is 0 Å². The quantitative estimate of drug-likeness (QED) is 0.685. The zero-order chi connectivity index (χ0) is 14.5. The number of methoxy groups -OCH3 is 1. The summed E-state index contributed by atoms with van der Waals surface area (Å²) in [6.07, 6.45) is 6.91. The number of rotatable bonds is 3. The highest BCUT2D eigenvalue weighted by molar-refractivity contribution is 9.10. The molecule has 0 fully saturated rings. The normalized spacial score (nSPS) is 10.4. The molecule has 2 rings (SSSR count). The molecular weight excluding hydrogens is 318 g/mol. The van der Waals surface area contributed by atoms with Gasteiger partial charge in [0.15, 0.2) is 11.5 Å². The third kappa shape index (κ3) is 3.19. The lowest BCUT2D eigenvalue weighted by atomic mass is 10.2. The number of benzene rings is 2. The van der Waals surface area contributed by atoms with Crippen molar-refractivity contribution >= 4 is 27.8 Å². The van der Waals surface area contributed by atoms with Gasteiger partial charge in [0.1, 0.15) is 0 Å². The predicted molar refractivity (Wildman–Crippen MR) is 84.0 cm³/mol. The monoisotopic (exact) mass is 329 g/mol. The Balaban J connectivity index is 2.36. The van der Waals surface area contributed by atoms with Gasteiger partial charge < -0.3 is 9.84 Å². The third-order valence-corrected chi connectivity index (χ3v) is 3.11. The molecule has 1 N–H and O–H groups in total. The molecule has 0 unspecified atom stereocenters. The summed E-state index contributed by atoms with van der Waals surface area (Å²) in [7, 11) is 1.50. The third-order valence-electron chi connectivity index (χ3n) is 2.65. The Labute approximate surface area is 126 Å². The second-order valence-electron chi connectivity index (χ2n) is 4.00. The lowest BCUT2D eigenvalue weighted by Gasteiger charge is -2.06. The zero-order valence-electron chi connectivity index (χ0n) is 10.8. The summed E-state index contributed by atoms with van der Waals surface area (Å²) < 4.78 is 5.88. The Hall–Kier alpha value is -2.25. The molecule has 0 radical (unpaired) electrons. The number of hydrogen-bond donors (Lipinski definition) is 1. The number of hydrogen-bond acceptors (Lipinski definition) is 3. The molecule has 2 aromatic rings. The van der Waals surface area contributed by atoms with Crippen LogP contribution in [0.25, 0.3) is 0 Å². The fraction of sp³-hybridized carbons (Fsp3) is 0.0625. The van der Waals surface area contributed by atoms with E-state index in [0.717, 1.165) is 15.7 Å². The van der Waals surface area contributed by atoms with Gasteiger partial charge >= 0.3 is 0 Å². The number of halogens is 1. The van der Waals surface area contributed by atoms with Gasteiger partial charge in [-0.1, -0.05) is 27.9 Å². The van der Waals surface area contributed by atoms with E-state index in [-0.39, 0.29) is 5.75 Å². The molecule has 0 heterocycles. The van der Waals surface area contributed by atoms with Crippen molar-refractivity contribution in [2.75, 3.05) is 7.11 Å². The number of nitrogens with zero attached hydrogens (tertiary/aromatic N) is 1. The van der Waals surface area contributed by atoms with E-state index in [0.29, 0.717) is 11.3 Å². The number of phenols is 1. The predicted octanol–water partition coefficient (Wildman–Crippen LogP) is 3.90. The average Bonchev–Trinajstić information content (AvgIpc) is 2.48. The average molecular weight is 330 g/mol. The highest BCUT2D eigenvalue weighted by atomic mass is 79.9. The van der Waals surface area contributed by atoms with Gasteiger partial charge in [0.2, 0.25) is 0 Å². The topological polar surface area (TPSA) is 41.8 Å². The van der Waals surface area contributed by atoms with E-state index >= 15 is 0 Å². The summed E-state index contributed by atoms with van der Waals surface area (Å²) in [6.45, 7) is 0. The fourth-order valence-corrected chi connectivity index (χ4v) is 2.12. The molecule has 2 aromatic carbocycles. The first-order chi connectivity index (χ1) is 9.63. The maximum Gasteiger partial charge on any atom is 0.166 e. The van der Waals surface area contributed by atoms with Gasteiger partial charge in [0, 0.05) is 21.8 Å². The molecule has 4 heteroatoms. The van der Waals surface area contributed by atoms with Crippen LogP contribution in [0.1, 0.15) is 11.1 Å². The van der Waals surface area contributed by atoms with Crippen LogP contribution in [0.3, 0.4) is 0 Å². The molecule has 0 atom stereocenters. The first kappa shape index (κ1) is 14.2. The Morgan fingerprint density at radius 1 is 1.35 bits per heavy atom. The van der Waals surface area contributed by atoms with Crippen molar-refractivity contribution in [3.63, 3.8) is 0 Å². The van der Waals surface area contributed by atoms with Crippen LogP contribution < -0.4 is 4.74 Å². The minimum atomic E-state index is 0.0487. The summed E-state index contributed by atoms with van der Waals surface area (Å²) >= 11 is 3.36. The van der Waals surface area contributed by atoms with Crippen LogP contribution in [0.15, 0.2) is 45.9 Å². The van der Waals surface area contributed by atoms with Crippen molar-refractivity contribution in [2.45, 2.75) is 0 Å². The highest BCUT2D eigenvalue weighted by Gasteiger charge is 2.07. The van der Waals surface area contributed by atoms with Crippen LogP contribution in [0.5, 0.6) is 11.5 Å². The van der Waals surface area contributed by atoms with Crippen LogP contribution in [0, 0.1) is 12.3 Å². The summed E-state index contributed by atoms with van der Waals surface area (Å²) in [5.41, 5.74) is 2.04. The van der Waals surface area contributed by atoms with Crippen LogP contribution >= 0.6 is 15.9 Å². The molecule has 0 aliphatic carbocycles. The molecule has 20 heavy (non-hydrogen) atoms. The maximum atomic E-state index is 10.0. The molecule has 0 aromatic heterocycles. The van der Waals surface area contributed by atoms with Crippen LogP contribution in [0.4, 0.5) is 5.69 Å². The molecule has 0 spiro atoms. The van der Waals surface area contributed by atoms with Gasteiger partial charge in [-0.2, -0.15) is 0 Å². The van der Waals surface area contributed by atoms with Gasteiger partial charge in [-0.05, 0) is 30.3 Å². The number of aliphatic imine (C=N–C) groups is 1. The van der Waals surface area contributed by atoms with Crippen molar-refractivity contribution in [1.82, 2.24) is 0 Å². The van der Waals surface area contributed by atoms with E-state index < -0.39 is 0 Å².